The third-order valence-electron chi connectivity index (χ3n) is 7.33. The molecule has 40 heavy (non-hydrogen) atoms. The molecule has 1 atom stereocenters. The predicted octanol–water partition coefficient (Wildman–Crippen LogP) is 4.37. The van der Waals surface area contributed by atoms with E-state index in [2.05, 4.69) is 10.6 Å². The molecule has 2 aromatic heterocycles. The molecule has 5 aromatic rings. The summed E-state index contributed by atoms with van der Waals surface area (Å²) in [6, 6.07) is 25.1. The van der Waals surface area contributed by atoms with E-state index in [1.165, 1.54) is 0 Å². The van der Waals surface area contributed by atoms with Gasteiger partial charge in [0, 0.05) is 53.8 Å². The van der Waals surface area contributed by atoms with Crippen LogP contribution in [0.15, 0.2) is 90.1 Å². The predicted molar refractivity (Wildman–Crippen MR) is 153 cm³/mol. The smallest absolute Gasteiger partial charge is 0.269 e. The SMILES string of the molecule is Cn1ccc2c(-c3nn4c(c3C(=O)N[C@H]3N=C(c5ccccc5)c5ccccc5NC3=O)OCCC4)cccc21. The van der Waals surface area contributed by atoms with E-state index in [0.29, 0.717) is 41.7 Å². The molecule has 9 heteroatoms. The van der Waals surface area contributed by atoms with Crippen LogP contribution in [-0.4, -0.2) is 44.6 Å². The Morgan fingerprint density at radius 1 is 1.00 bits per heavy atom. The van der Waals surface area contributed by atoms with Crippen molar-refractivity contribution in [3.63, 3.8) is 0 Å². The maximum Gasteiger partial charge on any atom is 0.269 e. The van der Waals surface area contributed by atoms with Gasteiger partial charge in [0.2, 0.25) is 12.0 Å². The van der Waals surface area contributed by atoms with Crippen LogP contribution in [0.2, 0.25) is 0 Å². The Morgan fingerprint density at radius 3 is 2.67 bits per heavy atom. The first-order chi connectivity index (χ1) is 19.6. The van der Waals surface area contributed by atoms with E-state index >= 15 is 0 Å². The van der Waals surface area contributed by atoms with E-state index < -0.39 is 18.0 Å². The number of fused-ring (bicyclic) bond motifs is 3. The Balaban J connectivity index is 1.33. The highest BCUT2D eigenvalue weighted by molar-refractivity contribution is 6.20. The van der Waals surface area contributed by atoms with Gasteiger partial charge in [-0.05, 0) is 18.2 Å². The molecule has 0 aliphatic carbocycles. The number of carbonyl (C=O) groups is 2. The lowest BCUT2D eigenvalue weighted by molar-refractivity contribution is -0.117. The normalized spacial score (nSPS) is 16.3. The summed E-state index contributed by atoms with van der Waals surface area (Å²) in [5.41, 5.74) is 5.51. The van der Waals surface area contributed by atoms with Crippen molar-refractivity contribution in [1.29, 1.82) is 0 Å². The van der Waals surface area contributed by atoms with Gasteiger partial charge in [-0.3, -0.25) is 9.59 Å². The number of benzodiazepines with no additional fused rings is 1. The minimum Gasteiger partial charge on any atom is -0.477 e. The zero-order chi connectivity index (χ0) is 27.2. The number of ether oxygens (including phenoxy) is 1. The van der Waals surface area contributed by atoms with Crippen molar-refractivity contribution in [1.82, 2.24) is 19.7 Å². The van der Waals surface area contributed by atoms with Crippen LogP contribution in [0.5, 0.6) is 5.88 Å². The van der Waals surface area contributed by atoms with E-state index in [1.807, 2.05) is 96.7 Å². The van der Waals surface area contributed by atoms with Gasteiger partial charge >= 0.3 is 0 Å². The number of benzene rings is 3. The fraction of sp³-hybridized carbons (Fsp3) is 0.161. The summed E-state index contributed by atoms with van der Waals surface area (Å²) in [5.74, 6) is -0.509. The number of hydrogen-bond acceptors (Lipinski definition) is 5. The summed E-state index contributed by atoms with van der Waals surface area (Å²) in [7, 11) is 1.98. The molecule has 198 valence electrons. The molecule has 0 unspecified atom stereocenters. The van der Waals surface area contributed by atoms with Gasteiger partial charge in [0.15, 0.2) is 0 Å². The number of nitrogens with zero attached hydrogens (tertiary/aromatic N) is 4. The number of anilines is 1. The zero-order valence-electron chi connectivity index (χ0n) is 21.8. The molecule has 0 fully saturated rings. The summed E-state index contributed by atoms with van der Waals surface area (Å²) >= 11 is 0. The van der Waals surface area contributed by atoms with Crippen LogP contribution in [0.25, 0.3) is 22.2 Å². The highest BCUT2D eigenvalue weighted by Gasteiger charge is 2.33. The Kier molecular flexibility index (Phi) is 5.70. The van der Waals surface area contributed by atoms with Crippen molar-refractivity contribution >= 4 is 34.1 Å². The third kappa shape index (κ3) is 3.94. The third-order valence-corrected chi connectivity index (χ3v) is 7.33. The maximum atomic E-state index is 14.1. The van der Waals surface area contributed by atoms with Gasteiger partial charge in [-0.15, -0.1) is 0 Å². The molecule has 0 saturated carbocycles. The number of aryl methyl sites for hydroxylation is 2. The molecule has 2 aliphatic rings. The van der Waals surface area contributed by atoms with E-state index in [1.54, 1.807) is 4.68 Å². The lowest BCUT2D eigenvalue weighted by atomic mass is 10.0. The van der Waals surface area contributed by atoms with Crippen LogP contribution >= 0.6 is 0 Å². The number of aromatic nitrogens is 3. The average Bonchev–Trinajstić information content (AvgIpc) is 3.53. The Morgan fingerprint density at radius 2 is 1.80 bits per heavy atom. The number of hydrogen-bond donors (Lipinski definition) is 2. The molecule has 0 radical (unpaired) electrons. The van der Waals surface area contributed by atoms with Gasteiger partial charge in [-0.25, -0.2) is 9.67 Å². The van der Waals surface area contributed by atoms with Gasteiger partial charge in [0.1, 0.15) is 11.3 Å². The number of aliphatic imine (C=N–C) groups is 1. The lowest BCUT2D eigenvalue weighted by Gasteiger charge is -2.17. The quantitative estimate of drug-likeness (QED) is 0.360. The monoisotopic (exact) mass is 530 g/mol. The van der Waals surface area contributed by atoms with E-state index in [4.69, 9.17) is 14.8 Å². The van der Waals surface area contributed by atoms with Crippen molar-refractivity contribution in [2.75, 3.05) is 11.9 Å². The van der Waals surface area contributed by atoms with Crippen LogP contribution < -0.4 is 15.4 Å². The molecule has 2 aliphatic heterocycles. The van der Waals surface area contributed by atoms with Crippen LogP contribution in [0.3, 0.4) is 0 Å². The molecular weight excluding hydrogens is 504 g/mol. The number of nitrogens with one attached hydrogen (secondary N) is 2. The summed E-state index contributed by atoms with van der Waals surface area (Å²) in [6.45, 7) is 1.12. The van der Waals surface area contributed by atoms with Gasteiger partial charge in [0.25, 0.3) is 11.8 Å². The summed E-state index contributed by atoms with van der Waals surface area (Å²) in [6.07, 6.45) is 1.60. The molecule has 0 saturated heterocycles. The summed E-state index contributed by atoms with van der Waals surface area (Å²) in [4.78, 5) is 32.2. The molecule has 0 spiro atoms. The molecule has 2 N–H and O–H groups in total. The largest absolute Gasteiger partial charge is 0.477 e. The summed E-state index contributed by atoms with van der Waals surface area (Å²) in [5, 5.41) is 11.6. The van der Waals surface area contributed by atoms with Gasteiger partial charge in [-0.2, -0.15) is 5.10 Å². The van der Waals surface area contributed by atoms with Crippen molar-refractivity contribution in [2.24, 2.45) is 12.0 Å². The van der Waals surface area contributed by atoms with Crippen molar-refractivity contribution in [3.05, 3.63) is 102 Å². The number of rotatable bonds is 4. The number of carbonyl (C=O) groups excluding carboxylic acids is 2. The fourth-order valence-electron chi connectivity index (χ4n) is 5.41. The first-order valence-electron chi connectivity index (χ1n) is 13.2. The second-order valence-corrected chi connectivity index (χ2v) is 9.87. The standard InChI is InChI=1S/C31H26N6O3/c1-36-17-15-20-21(12-7-14-24(20)36)27-25(31-37(35-27)16-8-18-40-31)29(38)34-28-30(39)32-23-13-6-5-11-22(23)26(33-28)19-9-3-2-4-10-19/h2-7,9-15,17,28H,8,16,18H2,1H3,(H,32,39)(H,34,38)/t28-/m1/s1. The molecule has 4 heterocycles. The van der Waals surface area contributed by atoms with E-state index in [9.17, 15) is 9.59 Å². The first-order valence-corrected chi connectivity index (χ1v) is 13.2. The molecule has 9 nitrogen and oxygen atoms in total. The molecule has 2 amide bonds. The van der Waals surface area contributed by atoms with Crippen LogP contribution in [0.1, 0.15) is 27.9 Å². The van der Waals surface area contributed by atoms with E-state index in [0.717, 1.165) is 34.0 Å². The number of amides is 2. The molecule has 7 rings (SSSR count). The fourth-order valence-corrected chi connectivity index (χ4v) is 5.41. The van der Waals surface area contributed by atoms with Crippen LogP contribution in [0.4, 0.5) is 5.69 Å². The van der Waals surface area contributed by atoms with Crippen molar-refractivity contribution in [3.8, 4) is 17.1 Å². The Bertz CT molecular complexity index is 1820. The second kappa shape index (κ2) is 9.53. The van der Waals surface area contributed by atoms with Crippen LogP contribution in [0, 0.1) is 0 Å². The molecular formula is C31H26N6O3. The van der Waals surface area contributed by atoms with Gasteiger partial charge < -0.3 is 19.9 Å². The first kappa shape index (κ1) is 23.9. The zero-order valence-corrected chi connectivity index (χ0v) is 21.8. The van der Waals surface area contributed by atoms with Crippen molar-refractivity contribution in [2.45, 2.75) is 19.1 Å². The highest BCUT2D eigenvalue weighted by atomic mass is 16.5. The Labute approximate surface area is 230 Å². The highest BCUT2D eigenvalue weighted by Crippen LogP contribution is 2.36. The number of para-hydroxylation sites is 1. The van der Waals surface area contributed by atoms with Crippen molar-refractivity contribution < 1.29 is 14.3 Å². The van der Waals surface area contributed by atoms with Crippen LogP contribution in [-0.2, 0) is 18.4 Å². The summed E-state index contributed by atoms with van der Waals surface area (Å²) < 4.78 is 9.73. The van der Waals surface area contributed by atoms with E-state index in [-0.39, 0.29) is 0 Å². The average molecular weight is 531 g/mol. The minimum atomic E-state index is -1.17. The molecule has 0 bridgehead atoms. The second-order valence-electron chi connectivity index (χ2n) is 9.87. The topological polar surface area (TPSA) is 103 Å². The van der Waals surface area contributed by atoms with Gasteiger partial charge in [-0.1, -0.05) is 60.7 Å². The van der Waals surface area contributed by atoms with Gasteiger partial charge in [0.05, 0.1) is 18.0 Å². The Hall–Kier alpha value is -5.18. The maximum absolute atomic E-state index is 14.1. The molecule has 3 aromatic carbocycles. The minimum absolute atomic E-state index is 0.294. The lowest BCUT2D eigenvalue weighted by Crippen LogP contribution is -2.42.